The second kappa shape index (κ2) is 8.35. The number of ether oxygens (including phenoxy) is 2. The first-order valence-electron chi connectivity index (χ1n) is 10.0. The van der Waals surface area contributed by atoms with Crippen LogP contribution >= 0.6 is 0 Å². The molecule has 0 aromatic heterocycles. The van der Waals surface area contributed by atoms with Gasteiger partial charge in [-0.15, -0.1) is 0 Å². The Kier molecular flexibility index (Phi) is 6.16. The monoisotopic (exact) mass is 344 g/mol. The Hall–Kier alpha value is -1.35. The van der Waals surface area contributed by atoms with Gasteiger partial charge in [0.25, 0.3) is 0 Å². The second-order valence-corrected chi connectivity index (χ2v) is 7.77. The number of esters is 1. The standard InChI is InChI=1S/C22H32O3/c1-3-24-21(23)22(19-8-5-4-6-9-19)15-7-10-20(22)25-16-18-13-11-17(2)12-14-18/h11-14,19-20H,3-10,15-16H2,1-2H3. The van der Waals surface area contributed by atoms with E-state index in [2.05, 4.69) is 31.2 Å². The molecule has 2 aliphatic rings. The van der Waals surface area contributed by atoms with Gasteiger partial charge in [-0.2, -0.15) is 0 Å². The van der Waals surface area contributed by atoms with Crippen LogP contribution in [0.5, 0.6) is 0 Å². The fraction of sp³-hybridized carbons (Fsp3) is 0.682. The quantitative estimate of drug-likeness (QED) is 0.666. The third-order valence-electron chi connectivity index (χ3n) is 6.19. The van der Waals surface area contributed by atoms with E-state index in [-0.39, 0.29) is 12.1 Å². The maximum absolute atomic E-state index is 13.0. The highest BCUT2D eigenvalue weighted by atomic mass is 16.5. The summed E-state index contributed by atoms with van der Waals surface area (Å²) in [5, 5.41) is 0. The predicted octanol–water partition coefficient (Wildman–Crippen LogP) is 5.19. The molecule has 0 heterocycles. The van der Waals surface area contributed by atoms with Gasteiger partial charge in [-0.25, -0.2) is 0 Å². The summed E-state index contributed by atoms with van der Waals surface area (Å²) in [5.74, 6) is 0.416. The summed E-state index contributed by atoms with van der Waals surface area (Å²) in [4.78, 5) is 13.0. The molecular formula is C22H32O3. The molecule has 2 saturated carbocycles. The Morgan fingerprint density at radius 1 is 1.08 bits per heavy atom. The van der Waals surface area contributed by atoms with Crippen LogP contribution in [0.1, 0.15) is 69.4 Å². The van der Waals surface area contributed by atoms with E-state index in [1.807, 2.05) is 6.92 Å². The van der Waals surface area contributed by atoms with Crippen molar-refractivity contribution in [3.63, 3.8) is 0 Å². The van der Waals surface area contributed by atoms with Crippen LogP contribution in [0.3, 0.4) is 0 Å². The summed E-state index contributed by atoms with van der Waals surface area (Å²) in [6.07, 6.45) is 9.00. The smallest absolute Gasteiger partial charge is 0.314 e. The summed E-state index contributed by atoms with van der Waals surface area (Å²) >= 11 is 0. The normalized spacial score (nSPS) is 27.4. The minimum Gasteiger partial charge on any atom is -0.465 e. The summed E-state index contributed by atoms with van der Waals surface area (Å²) in [6, 6.07) is 8.48. The molecular weight excluding hydrogens is 312 g/mol. The van der Waals surface area contributed by atoms with E-state index in [0.717, 1.165) is 32.1 Å². The van der Waals surface area contributed by atoms with Gasteiger partial charge in [0.1, 0.15) is 0 Å². The lowest BCUT2D eigenvalue weighted by Gasteiger charge is -2.41. The molecule has 0 saturated heterocycles. The zero-order chi connectivity index (χ0) is 17.7. The molecule has 0 radical (unpaired) electrons. The number of hydrogen-bond acceptors (Lipinski definition) is 3. The molecule has 0 N–H and O–H groups in total. The molecule has 2 fully saturated rings. The minimum absolute atomic E-state index is 0.00375. The third-order valence-corrected chi connectivity index (χ3v) is 6.19. The molecule has 0 amide bonds. The summed E-state index contributed by atoms with van der Waals surface area (Å²) in [5.41, 5.74) is 2.02. The second-order valence-electron chi connectivity index (χ2n) is 7.77. The Balaban J connectivity index is 1.76. The highest BCUT2D eigenvalue weighted by Gasteiger charge is 2.55. The van der Waals surface area contributed by atoms with Crippen LogP contribution < -0.4 is 0 Å². The molecule has 2 atom stereocenters. The number of carbonyl (C=O) groups is 1. The van der Waals surface area contributed by atoms with Gasteiger partial charge >= 0.3 is 5.97 Å². The van der Waals surface area contributed by atoms with E-state index in [1.165, 1.54) is 30.4 Å². The maximum atomic E-state index is 13.0. The van der Waals surface area contributed by atoms with Crippen molar-refractivity contribution in [1.82, 2.24) is 0 Å². The van der Waals surface area contributed by atoms with Gasteiger partial charge in [0.05, 0.1) is 24.7 Å². The van der Waals surface area contributed by atoms with Gasteiger partial charge in [-0.05, 0) is 57.4 Å². The van der Waals surface area contributed by atoms with Gasteiger partial charge in [0, 0.05) is 0 Å². The Morgan fingerprint density at radius 3 is 2.48 bits per heavy atom. The number of rotatable bonds is 6. The molecule has 3 nitrogen and oxygen atoms in total. The van der Waals surface area contributed by atoms with Crippen molar-refractivity contribution in [2.75, 3.05) is 6.61 Å². The Labute approximate surface area is 152 Å². The van der Waals surface area contributed by atoms with E-state index in [0.29, 0.717) is 19.1 Å². The first kappa shape index (κ1) is 18.4. The van der Waals surface area contributed by atoms with E-state index in [4.69, 9.17) is 9.47 Å². The largest absolute Gasteiger partial charge is 0.465 e. The van der Waals surface area contributed by atoms with Crippen molar-refractivity contribution in [2.24, 2.45) is 11.3 Å². The molecule has 1 aromatic carbocycles. The lowest BCUT2D eigenvalue weighted by Crippen LogP contribution is -2.47. The molecule has 25 heavy (non-hydrogen) atoms. The lowest BCUT2D eigenvalue weighted by molar-refractivity contribution is -0.172. The molecule has 2 unspecified atom stereocenters. The third kappa shape index (κ3) is 3.92. The molecule has 138 valence electrons. The van der Waals surface area contributed by atoms with Crippen molar-refractivity contribution in [3.05, 3.63) is 35.4 Å². The average molecular weight is 344 g/mol. The fourth-order valence-electron chi connectivity index (χ4n) is 4.86. The highest BCUT2D eigenvalue weighted by molar-refractivity contribution is 5.78. The molecule has 2 aliphatic carbocycles. The number of aryl methyl sites for hydroxylation is 1. The number of hydrogen-bond donors (Lipinski definition) is 0. The minimum atomic E-state index is -0.416. The summed E-state index contributed by atoms with van der Waals surface area (Å²) in [7, 11) is 0. The fourth-order valence-corrected chi connectivity index (χ4v) is 4.86. The van der Waals surface area contributed by atoms with Crippen molar-refractivity contribution >= 4 is 5.97 Å². The van der Waals surface area contributed by atoms with Crippen LogP contribution in [0, 0.1) is 18.3 Å². The highest BCUT2D eigenvalue weighted by Crippen LogP contribution is 2.52. The maximum Gasteiger partial charge on any atom is 0.314 e. The summed E-state index contributed by atoms with van der Waals surface area (Å²) < 4.78 is 11.9. The zero-order valence-corrected chi connectivity index (χ0v) is 15.8. The first-order chi connectivity index (χ1) is 12.2. The van der Waals surface area contributed by atoms with Crippen LogP contribution in [0.4, 0.5) is 0 Å². The number of benzene rings is 1. The van der Waals surface area contributed by atoms with E-state index < -0.39 is 5.41 Å². The average Bonchev–Trinajstić information content (AvgIpc) is 3.07. The van der Waals surface area contributed by atoms with Crippen molar-refractivity contribution < 1.29 is 14.3 Å². The summed E-state index contributed by atoms with van der Waals surface area (Å²) in [6.45, 7) is 5.04. The molecule has 0 aliphatic heterocycles. The van der Waals surface area contributed by atoms with Gasteiger partial charge < -0.3 is 9.47 Å². The van der Waals surface area contributed by atoms with Gasteiger partial charge in [-0.1, -0.05) is 49.1 Å². The van der Waals surface area contributed by atoms with Gasteiger partial charge in [-0.3, -0.25) is 4.79 Å². The zero-order valence-electron chi connectivity index (χ0n) is 15.8. The molecule has 0 spiro atoms. The number of carbonyl (C=O) groups excluding carboxylic acids is 1. The molecule has 0 bridgehead atoms. The topological polar surface area (TPSA) is 35.5 Å². The van der Waals surface area contributed by atoms with Crippen molar-refractivity contribution in [1.29, 1.82) is 0 Å². The van der Waals surface area contributed by atoms with Crippen LogP contribution in [0.15, 0.2) is 24.3 Å². The molecule has 3 heteroatoms. The lowest BCUT2D eigenvalue weighted by atomic mass is 9.66. The van der Waals surface area contributed by atoms with E-state index in [1.54, 1.807) is 0 Å². The first-order valence-corrected chi connectivity index (χ1v) is 10.0. The predicted molar refractivity (Wildman–Crippen MR) is 99.2 cm³/mol. The van der Waals surface area contributed by atoms with Crippen LogP contribution in [0.2, 0.25) is 0 Å². The molecule has 1 aromatic rings. The Morgan fingerprint density at radius 2 is 1.80 bits per heavy atom. The van der Waals surface area contributed by atoms with Gasteiger partial charge in [0.2, 0.25) is 0 Å². The Bertz CT molecular complexity index is 559. The van der Waals surface area contributed by atoms with Crippen molar-refractivity contribution in [2.45, 2.75) is 77.9 Å². The SMILES string of the molecule is CCOC(=O)C1(C2CCCCC2)CCCC1OCc1ccc(C)cc1. The molecule has 3 rings (SSSR count). The van der Waals surface area contributed by atoms with Crippen molar-refractivity contribution in [3.8, 4) is 0 Å². The van der Waals surface area contributed by atoms with Crippen LogP contribution in [-0.2, 0) is 20.9 Å². The van der Waals surface area contributed by atoms with Gasteiger partial charge in [0.15, 0.2) is 0 Å². The van der Waals surface area contributed by atoms with Crippen LogP contribution in [-0.4, -0.2) is 18.7 Å². The van der Waals surface area contributed by atoms with Crippen LogP contribution in [0.25, 0.3) is 0 Å². The van der Waals surface area contributed by atoms with E-state index in [9.17, 15) is 4.79 Å². The van der Waals surface area contributed by atoms with E-state index >= 15 is 0 Å².